The Bertz CT molecular complexity index is 285. The highest BCUT2D eigenvalue weighted by Crippen LogP contribution is 2.39. The molecule has 1 saturated carbocycles. The smallest absolute Gasteiger partial charge is 0.323 e. The van der Waals surface area contributed by atoms with Crippen molar-refractivity contribution >= 4 is 12.0 Å². The molecule has 0 spiro atoms. The van der Waals surface area contributed by atoms with Crippen molar-refractivity contribution in [3.63, 3.8) is 0 Å². The first-order valence-electron chi connectivity index (χ1n) is 5.65. The van der Waals surface area contributed by atoms with Crippen LogP contribution in [-0.4, -0.2) is 40.6 Å². The number of nitrogens with one attached hydrogen (secondary N) is 1. The summed E-state index contributed by atoms with van der Waals surface area (Å²) in [5, 5.41) is 11.6. The zero-order chi connectivity index (χ0) is 12.3. The van der Waals surface area contributed by atoms with Gasteiger partial charge in [-0.25, -0.2) is 4.79 Å². The van der Waals surface area contributed by atoms with E-state index in [1.807, 2.05) is 13.8 Å². The molecule has 2 amide bonds. The zero-order valence-corrected chi connectivity index (χ0v) is 10.1. The van der Waals surface area contributed by atoms with E-state index in [0.29, 0.717) is 12.5 Å². The molecule has 0 heterocycles. The van der Waals surface area contributed by atoms with Gasteiger partial charge in [-0.1, -0.05) is 0 Å². The van der Waals surface area contributed by atoms with Crippen molar-refractivity contribution in [2.24, 2.45) is 5.92 Å². The van der Waals surface area contributed by atoms with E-state index < -0.39 is 5.97 Å². The first-order valence-corrected chi connectivity index (χ1v) is 5.65. The first-order chi connectivity index (χ1) is 7.36. The number of amides is 2. The number of carboxylic acids is 1. The first kappa shape index (κ1) is 12.8. The molecule has 0 aliphatic heterocycles. The van der Waals surface area contributed by atoms with Gasteiger partial charge >= 0.3 is 12.0 Å². The van der Waals surface area contributed by atoms with E-state index in [9.17, 15) is 9.59 Å². The van der Waals surface area contributed by atoms with Gasteiger partial charge in [0.2, 0.25) is 0 Å². The van der Waals surface area contributed by atoms with Gasteiger partial charge in [-0.2, -0.15) is 0 Å². The Labute approximate surface area is 95.8 Å². The van der Waals surface area contributed by atoms with Crippen LogP contribution in [0.1, 0.15) is 33.6 Å². The molecular formula is C11H20N2O3. The molecule has 5 nitrogen and oxygen atoms in total. The molecule has 1 aliphatic carbocycles. The molecule has 5 heteroatoms. The lowest BCUT2D eigenvalue weighted by Gasteiger charge is -2.30. The molecule has 0 atom stereocenters. The molecule has 0 aromatic heterocycles. The third-order valence-electron chi connectivity index (χ3n) is 3.02. The SMILES string of the molecule is CCN(CC(=O)O)C(=O)NC(C)(C)C1CC1. The van der Waals surface area contributed by atoms with Gasteiger partial charge in [0.1, 0.15) is 6.54 Å². The van der Waals surface area contributed by atoms with E-state index >= 15 is 0 Å². The largest absolute Gasteiger partial charge is 0.480 e. The Morgan fingerprint density at radius 1 is 1.44 bits per heavy atom. The third-order valence-corrected chi connectivity index (χ3v) is 3.02. The summed E-state index contributed by atoms with van der Waals surface area (Å²) in [5.74, 6) is -0.457. The van der Waals surface area contributed by atoms with E-state index in [2.05, 4.69) is 5.32 Å². The van der Waals surface area contributed by atoms with Crippen LogP contribution in [0.3, 0.4) is 0 Å². The van der Waals surface area contributed by atoms with E-state index in [4.69, 9.17) is 5.11 Å². The van der Waals surface area contributed by atoms with E-state index in [1.165, 1.54) is 4.90 Å². The number of carbonyl (C=O) groups is 2. The Balaban J connectivity index is 2.51. The summed E-state index contributed by atoms with van der Waals surface area (Å²) in [6, 6.07) is -0.290. The predicted octanol–water partition coefficient (Wildman–Crippen LogP) is 1.29. The standard InChI is InChI=1S/C11H20N2O3/c1-4-13(7-9(14)15)10(16)12-11(2,3)8-5-6-8/h8H,4-7H2,1-3H3,(H,12,16)(H,14,15). The second kappa shape index (κ2) is 4.72. The number of likely N-dealkylation sites (N-methyl/N-ethyl adjacent to an activating group) is 1. The Kier molecular flexibility index (Phi) is 3.78. The summed E-state index contributed by atoms with van der Waals surface area (Å²) in [5.41, 5.74) is -0.233. The van der Waals surface area contributed by atoms with Gasteiger partial charge in [0.25, 0.3) is 0 Å². The quantitative estimate of drug-likeness (QED) is 0.745. The summed E-state index contributed by atoms with van der Waals surface area (Å²) in [6.07, 6.45) is 2.27. The molecule has 0 aromatic carbocycles. The van der Waals surface area contributed by atoms with Gasteiger partial charge < -0.3 is 15.3 Å². The number of aliphatic carboxylic acids is 1. The molecular weight excluding hydrogens is 208 g/mol. The fraction of sp³-hybridized carbons (Fsp3) is 0.818. The van der Waals surface area contributed by atoms with Crippen LogP contribution in [0.25, 0.3) is 0 Å². The molecule has 0 radical (unpaired) electrons. The number of hydrogen-bond donors (Lipinski definition) is 2. The molecule has 0 bridgehead atoms. The Morgan fingerprint density at radius 2 is 2.00 bits per heavy atom. The van der Waals surface area contributed by atoms with Crippen LogP contribution >= 0.6 is 0 Å². The Morgan fingerprint density at radius 3 is 2.38 bits per heavy atom. The summed E-state index contributed by atoms with van der Waals surface area (Å²) >= 11 is 0. The van der Waals surface area contributed by atoms with E-state index in [1.54, 1.807) is 6.92 Å². The molecule has 1 rings (SSSR count). The maximum absolute atomic E-state index is 11.8. The third kappa shape index (κ3) is 3.40. The highest BCUT2D eigenvalue weighted by Gasteiger charge is 2.39. The van der Waals surface area contributed by atoms with Crippen LogP contribution in [0.15, 0.2) is 0 Å². The summed E-state index contributed by atoms with van der Waals surface area (Å²) < 4.78 is 0. The minimum atomic E-state index is -0.985. The van der Waals surface area contributed by atoms with Crippen LogP contribution in [0.4, 0.5) is 4.79 Å². The highest BCUT2D eigenvalue weighted by atomic mass is 16.4. The molecule has 1 fully saturated rings. The Hall–Kier alpha value is -1.26. The average Bonchev–Trinajstić information content (AvgIpc) is 2.95. The fourth-order valence-electron chi connectivity index (χ4n) is 1.75. The fourth-order valence-corrected chi connectivity index (χ4v) is 1.75. The lowest BCUT2D eigenvalue weighted by atomic mass is 9.99. The number of urea groups is 1. The molecule has 2 N–H and O–H groups in total. The molecule has 0 unspecified atom stereocenters. The van der Waals surface area contributed by atoms with E-state index in [-0.39, 0.29) is 18.1 Å². The summed E-state index contributed by atoms with van der Waals surface area (Å²) in [6.45, 7) is 5.89. The summed E-state index contributed by atoms with van der Waals surface area (Å²) in [7, 11) is 0. The summed E-state index contributed by atoms with van der Waals surface area (Å²) in [4.78, 5) is 23.7. The van der Waals surface area contributed by atoms with Gasteiger partial charge in [-0.15, -0.1) is 0 Å². The minimum Gasteiger partial charge on any atom is -0.480 e. The van der Waals surface area contributed by atoms with Crippen LogP contribution < -0.4 is 5.32 Å². The van der Waals surface area contributed by atoms with Gasteiger partial charge in [0, 0.05) is 12.1 Å². The highest BCUT2D eigenvalue weighted by molar-refractivity contribution is 5.80. The van der Waals surface area contributed by atoms with Crippen molar-refractivity contribution in [1.29, 1.82) is 0 Å². The van der Waals surface area contributed by atoms with Crippen LogP contribution in [0.2, 0.25) is 0 Å². The van der Waals surface area contributed by atoms with Crippen molar-refractivity contribution in [3.8, 4) is 0 Å². The maximum Gasteiger partial charge on any atom is 0.323 e. The van der Waals surface area contributed by atoms with Crippen molar-refractivity contribution < 1.29 is 14.7 Å². The van der Waals surface area contributed by atoms with Crippen LogP contribution in [0, 0.1) is 5.92 Å². The lowest BCUT2D eigenvalue weighted by molar-refractivity contribution is -0.137. The normalized spacial score (nSPS) is 15.7. The predicted molar refractivity (Wildman–Crippen MR) is 60.2 cm³/mol. The van der Waals surface area contributed by atoms with Crippen molar-refractivity contribution in [3.05, 3.63) is 0 Å². The van der Waals surface area contributed by atoms with Gasteiger partial charge in [0.05, 0.1) is 0 Å². The molecule has 1 aliphatic rings. The molecule has 16 heavy (non-hydrogen) atoms. The van der Waals surface area contributed by atoms with Gasteiger partial charge in [0.15, 0.2) is 0 Å². The number of nitrogens with zero attached hydrogens (tertiary/aromatic N) is 1. The van der Waals surface area contributed by atoms with Crippen molar-refractivity contribution in [1.82, 2.24) is 10.2 Å². The molecule has 0 aromatic rings. The average molecular weight is 228 g/mol. The maximum atomic E-state index is 11.8. The van der Waals surface area contributed by atoms with Crippen molar-refractivity contribution in [2.75, 3.05) is 13.1 Å². The van der Waals surface area contributed by atoms with Crippen LogP contribution in [0.5, 0.6) is 0 Å². The lowest BCUT2D eigenvalue weighted by Crippen LogP contribution is -2.52. The second-order valence-corrected chi connectivity index (χ2v) is 4.83. The number of carbonyl (C=O) groups excluding carboxylic acids is 1. The van der Waals surface area contributed by atoms with Gasteiger partial charge in [-0.3, -0.25) is 4.79 Å². The van der Waals surface area contributed by atoms with Crippen molar-refractivity contribution in [2.45, 2.75) is 39.2 Å². The topological polar surface area (TPSA) is 69.6 Å². The number of carboxylic acid groups (broad SMARTS) is 1. The minimum absolute atomic E-state index is 0.233. The molecule has 92 valence electrons. The van der Waals surface area contributed by atoms with E-state index in [0.717, 1.165) is 12.8 Å². The zero-order valence-electron chi connectivity index (χ0n) is 10.1. The van der Waals surface area contributed by atoms with Gasteiger partial charge in [-0.05, 0) is 39.5 Å². The number of rotatable bonds is 5. The van der Waals surface area contributed by atoms with Crippen LogP contribution in [-0.2, 0) is 4.79 Å². The molecule has 0 saturated heterocycles. The number of hydrogen-bond acceptors (Lipinski definition) is 2. The monoisotopic (exact) mass is 228 g/mol. The second-order valence-electron chi connectivity index (χ2n) is 4.83.